The number of hydrogen-bond donors (Lipinski definition) is 4. The van der Waals surface area contributed by atoms with Crippen LogP contribution in [-0.4, -0.2) is 36.0 Å². The predicted octanol–water partition coefficient (Wildman–Crippen LogP) is 7.29. The summed E-state index contributed by atoms with van der Waals surface area (Å²) in [6, 6.07) is 16.8. The minimum absolute atomic E-state index is 0.345. The van der Waals surface area contributed by atoms with Crippen molar-refractivity contribution in [2.24, 2.45) is 0 Å². The average Bonchev–Trinajstić information content (AvgIpc) is 2.95. The maximum absolute atomic E-state index is 14.6. The van der Waals surface area contributed by atoms with E-state index in [0.29, 0.717) is 36.1 Å². The molecule has 0 aliphatic rings. The topological polar surface area (TPSA) is 91.0 Å². The fourth-order valence-electron chi connectivity index (χ4n) is 4.44. The molecule has 1 aromatic heterocycles. The first-order chi connectivity index (χ1) is 20.4. The van der Waals surface area contributed by atoms with Crippen molar-refractivity contribution in [3.63, 3.8) is 0 Å². The molecule has 7 nitrogen and oxygen atoms in total. The van der Waals surface area contributed by atoms with Gasteiger partial charge in [0.2, 0.25) is 11.9 Å². The van der Waals surface area contributed by atoms with Gasteiger partial charge in [-0.1, -0.05) is 24.3 Å². The second kappa shape index (κ2) is 13.2. The van der Waals surface area contributed by atoms with Crippen LogP contribution >= 0.6 is 0 Å². The van der Waals surface area contributed by atoms with Gasteiger partial charge in [0.1, 0.15) is 11.6 Å². The van der Waals surface area contributed by atoms with E-state index in [1.807, 2.05) is 38.2 Å². The number of halogens is 4. The lowest BCUT2D eigenvalue weighted by molar-refractivity contribution is -0.137. The molecule has 0 fully saturated rings. The maximum atomic E-state index is 14.6. The van der Waals surface area contributed by atoms with Crippen LogP contribution < -0.4 is 21.3 Å². The molecular weight excluding hydrogens is 560 g/mol. The molecule has 1 amide bonds. The fraction of sp³-hybridized carbons (Fsp3) is 0.281. The molecule has 4 N–H and O–H groups in total. The van der Waals surface area contributed by atoms with Crippen LogP contribution in [0.1, 0.15) is 37.0 Å². The minimum Gasteiger partial charge on any atom is -0.369 e. The van der Waals surface area contributed by atoms with Crippen molar-refractivity contribution in [1.29, 1.82) is 0 Å². The summed E-state index contributed by atoms with van der Waals surface area (Å²) < 4.78 is 54.3. The summed E-state index contributed by atoms with van der Waals surface area (Å²) >= 11 is 0. The largest absolute Gasteiger partial charge is 0.416 e. The molecule has 0 saturated carbocycles. The van der Waals surface area contributed by atoms with E-state index in [1.165, 1.54) is 13.8 Å². The number of anilines is 4. The molecule has 3 aromatic carbocycles. The summed E-state index contributed by atoms with van der Waals surface area (Å²) in [6.45, 7) is 6.26. The zero-order valence-electron chi connectivity index (χ0n) is 24.4. The van der Waals surface area contributed by atoms with Gasteiger partial charge in [0, 0.05) is 35.2 Å². The molecule has 11 heteroatoms. The van der Waals surface area contributed by atoms with E-state index in [-0.39, 0.29) is 5.56 Å². The fourth-order valence-corrected chi connectivity index (χ4v) is 4.44. The van der Waals surface area contributed by atoms with E-state index < -0.39 is 28.9 Å². The molecule has 0 aliphatic carbocycles. The Morgan fingerprint density at radius 3 is 2.35 bits per heavy atom. The van der Waals surface area contributed by atoms with Crippen molar-refractivity contribution in [3.8, 4) is 11.1 Å². The van der Waals surface area contributed by atoms with Crippen molar-refractivity contribution in [2.75, 3.05) is 36.1 Å². The Labute approximate surface area is 248 Å². The van der Waals surface area contributed by atoms with Crippen LogP contribution in [0.2, 0.25) is 0 Å². The van der Waals surface area contributed by atoms with Crippen molar-refractivity contribution >= 4 is 29.0 Å². The molecule has 0 spiro atoms. The zero-order valence-corrected chi connectivity index (χ0v) is 24.4. The lowest BCUT2D eigenvalue weighted by Crippen LogP contribution is -2.35. The van der Waals surface area contributed by atoms with Gasteiger partial charge in [-0.05, 0) is 94.4 Å². The Hall–Kier alpha value is -4.51. The Kier molecular flexibility index (Phi) is 9.65. The van der Waals surface area contributed by atoms with Crippen LogP contribution in [0.4, 0.5) is 40.7 Å². The number of hydrogen-bond acceptors (Lipinski definition) is 6. The van der Waals surface area contributed by atoms with E-state index in [2.05, 4.69) is 26.3 Å². The number of aromatic nitrogens is 2. The van der Waals surface area contributed by atoms with Crippen molar-refractivity contribution in [1.82, 2.24) is 15.3 Å². The number of nitrogens with zero attached hydrogens (tertiary/aromatic N) is 2. The highest BCUT2D eigenvalue weighted by Crippen LogP contribution is 2.35. The minimum atomic E-state index is -4.66. The third kappa shape index (κ3) is 7.86. The molecule has 0 aliphatic heterocycles. The van der Waals surface area contributed by atoms with Crippen LogP contribution in [0.25, 0.3) is 11.1 Å². The predicted molar refractivity (Wildman–Crippen MR) is 162 cm³/mol. The van der Waals surface area contributed by atoms with Gasteiger partial charge < -0.3 is 21.3 Å². The number of carbonyl (C=O) groups is 1. The third-order valence-corrected chi connectivity index (χ3v) is 6.95. The average molecular weight is 595 g/mol. The normalized spacial score (nSPS) is 11.7. The van der Waals surface area contributed by atoms with Gasteiger partial charge in [-0.2, -0.15) is 18.2 Å². The van der Waals surface area contributed by atoms with Crippen molar-refractivity contribution in [2.45, 2.75) is 38.8 Å². The molecule has 1 heterocycles. The van der Waals surface area contributed by atoms with Crippen LogP contribution in [0.3, 0.4) is 0 Å². The van der Waals surface area contributed by atoms with Crippen LogP contribution in [-0.2, 0) is 16.4 Å². The second-order valence-electron chi connectivity index (χ2n) is 10.7. The molecule has 226 valence electrons. The quantitative estimate of drug-likeness (QED) is 0.108. The molecule has 4 aromatic rings. The van der Waals surface area contributed by atoms with Crippen LogP contribution in [0.15, 0.2) is 72.9 Å². The highest BCUT2D eigenvalue weighted by atomic mass is 19.4. The zero-order chi connectivity index (χ0) is 31.2. The molecule has 0 bridgehead atoms. The van der Waals surface area contributed by atoms with Gasteiger partial charge in [0.15, 0.2) is 0 Å². The summed E-state index contributed by atoms with van der Waals surface area (Å²) in [5, 5.41) is 12.4. The van der Waals surface area contributed by atoms with Gasteiger partial charge in [-0.15, -0.1) is 0 Å². The smallest absolute Gasteiger partial charge is 0.369 e. The van der Waals surface area contributed by atoms with E-state index in [4.69, 9.17) is 4.98 Å². The summed E-state index contributed by atoms with van der Waals surface area (Å²) in [5.41, 5.74) is 0.931. The third-order valence-electron chi connectivity index (χ3n) is 6.95. The maximum Gasteiger partial charge on any atom is 0.416 e. The summed E-state index contributed by atoms with van der Waals surface area (Å²) in [6.07, 6.45) is -2.09. The van der Waals surface area contributed by atoms with Gasteiger partial charge in [-0.3, -0.25) is 4.79 Å². The van der Waals surface area contributed by atoms with Crippen molar-refractivity contribution in [3.05, 3.63) is 95.4 Å². The van der Waals surface area contributed by atoms with E-state index in [9.17, 15) is 22.4 Å². The van der Waals surface area contributed by atoms with Crippen LogP contribution in [0.5, 0.6) is 0 Å². The number of alkyl halides is 3. The number of aryl methyl sites for hydroxylation is 1. The number of benzene rings is 3. The SMILES string of the molecule is CNCCCNc1nc(Nc2cccc(C)c2)ncc1-c1ccc(NC(=O)C(C)(C)c2cc(C(F)(F)F)ccc2F)cc1. The first-order valence-corrected chi connectivity index (χ1v) is 13.8. The molecule has 0 radical (unpaired) electrons. The number of amides is 1. The van der Waals surface area contributed by atoms with E-state index in [0.717, 1.165) is 41.4 Å². The lowest BCUT2D eigenvalue weighted by Gasteiger charge is -2.25. The Morgan fingerprint density at radius 2 is 1.67 bits per heavy atom. The number of nitrogens with one attached hydrogen (secondary N) is 4. The molecule has 0 atom stereocenters. The second-order valence-corrected chi connectivity index (χ2v) is 10.7. The first-order valence-electron chi connectivity index (χ1n) is 13.8. The molecule has 0 saturated heterocycles. The Balaban J connectivity index is 1.55. The van der Waals surface area contributed by atoms with Crippen molar-refractivity contribution < 1.29 is 22.4 Å². The van der Waals surface area contributed by atoms with E-state index in [1.54, 1.807) is 30.5 Å². The van der Waals surface area contributed by atoms with Gasteiger partial charge in [0.05, 0.1) is 11.0 Å². The Bertz CT molecular complexity index is 1570. The van der Waals surface area contributed by atoms with E-state index >= 15 is 0 Å². The standard InChI is InChI=1S/C32H34F4N6O/c1-20-7-5-8-24(17-20)41-30-39-19-25(28(42-30)38-16-6-15-37-4)21-9-12-23(13-10-21)40-29(43)31(2,3)26-18-22(32(34,35)36)11-14-27(26)33/h5,7-14,17-19,37H,6,15-16H2,1-4H3,(H,40,43)(H2,38,39,41,42). The number of rotatable bonds is 11. The summed E-state index contributed by atoms with van der Waals surface area (Å²) in [7, 11) is 1.89. The highest BCUT2D eigenvalue weighted by Gasteiger charge is 2.37. The molecule has 0 unspecified atom stereocenters. The van der Waals surface area contributed by atoms with Gasteiger partial charge >= 0.3 is 6.18 Å². The molecular formula is C32H34F4N6O. The Morgan fingerprint density at radius 1 is 0.930 bits per heavy atom. The van der Waals surface area contributed by atoms with Gasteiger partial charge in [0.25, 0.3) is 0 Å². The molecule has 4 rings (SSSR count). The summed E-state index contributed by atoms with van der Waals surface area (Å²) in [4.78, 5) is 22.3. The van der Waals surface area contributed by atoms with Gasteiger partial charge in [-0.25, -0.2) is 9.37 Å². The monoisotopic (exact) mass is 594 g/mol. The van der Waals surface area contributed by atoms with Crippen LogP contribution in [0, 0.1) is 12.7 Å². The summed E-state index contributed by atoms with van der Waals surface area (Å²) in [5.74, 6) is -0.489. The number of carbonyl (C=O) groups excluding carboxylic acids is 1. The lowest BCUT2D eigenvalue weighted by atomic mass is 9.82. The highest BCUT2D eigenvalue weighted by molar-refractivity contribution is 5.98. The first kappa shape index (κ1) is 31.4. The molecule has 43 heavy (non-hydrogen) atoms.